The maximum atomic E-state index is 6.27. The number of nitrogens with zero attached hydrogens (tertiary/aromatic N) is 1. The Bertz CT molecular complexity index is 505. The van der Waals surface area contributed by atoms with Crippen LogP contribution in [-0.2, 0) is 0 Å². The molecule has 1 saturated carbocycles. The summed E-state index contributed by atoms with van der Waals surface area (Å²) >= 11 is 6.27. The summed E-state index contributed by atoms with van der Waals surface area (Å²) in [5, 5.41) is 0.598. The van der Waals surface area contributed by atoms with Gasteiger partial charge in [0.1, 0.15) is 0 Å². The monoisotopic (exact) mass is 296 g/mol. The van der Waals surface area contributed by atoms with Gasteiger partial charge < -0.3 is 15.2 Å². The summed E-state index contributed by atoms with van der Waals surface area (Å²) in [6.45, 7) is 3.07. The molecule has 1 fully saturated rings. The van der Waals surface area contributed by atoms with Crippen molar-refractivity contribution in [3.63, 3.8) is 0 Å². The first-order valence-corrected chi connectivity index (χ1v) is 7.50. The maximum absolute atomic E-state index is 6.27. The Morgan fingerprint density at radius 1 is 1.40 bits per heavy atom. The molecule has 3 rings (SSSR count). The molecule has 20 heavy (non-hydrogen) atoms. The van der Waals surface area contributed by atoms with Gasteiger partial charge in [-0.1, -0.05) is 11.6 Å². The van der Waals surface area contributed by atoms with Crippen molar-refractivity contribution >= 4 is 11.6 Å². The zero-order chi connectivity index (χ0) is 14.3. The summed E-state index contributed by atoms with van der Waals surface area (Å²) in [5.74, 6) is 2.17. The van der Waals surface area contributed by atoms with Crippen molar-refractivity contribution in [2.45, 2.75) is 31.8 Å². The average molecular weight is 297 g/mol. The van der Waals surface area contributed by atoms with Crippen molar-refractivity contribution < 1.29 is 9.47 Å². The molecular weight excluding hydrogens is 276 g/mol. The van der Waals surface area contributed by atoms with E-state index in [4.69, 9.17) is 26.8 Å². The molecular formula is C15H21ClN2O2. The van der Waals surface area contributed by atoms with E-state index in [-0.39, 0.29) is 12.8 Å². The summed E-state index contributed by atoms with van der Waals surface area (Å²) < 4.78 is 10.8. The van der Waals surface area contributed by atoms with E-state index in [1.54, 1.807) is 0 Å². The van der Waals surface area contributed by atoms with Gasteiger partial charge in [-0.2, -0.15) is 0 Å². The zero-order valence-electron chi connectivity index (χ0n) is 11.9. The van der Waals surface area contributed by atoms with Crippen LogP contribution in [0, 0.1) is 5.92 Å². The number of hydrogen-bond donors (Lipinski definition) is 1. The number of ether oxygens (including phenoxy) is 2. The predicted molar refractivity (Wildman–Crippen MR) is 79.3 cm³/mol. The molecule has 0 spiro atoms. The summed E-state index contributed by atoms with van der Waals surface area (Å²) in [5.41, 5.74) is 7.10. The van der Waals surface area contributed by atoms with Gasteiger partial charge in [-0.15, -0.1) is 0 Å². The van der Waals surface area contributed by atoms with Crippen LogP contribution in [0.15, 0.2) is 12.1 Å². The fraction of sp³-hybridized carbons (Fsp3) is 0.600. The minimum atomic E-state index is 0.151. The lowest BCUT2D eigenvalue weighted by molar-refractivity contribution is 0.169. The third-order valence-corrected chi connectivity index (χ3v) is 4.78. The molecule has 0 bridgehead atoms. The number of nitrogens with two attached hydrogens (primary N) is 1. The van der Waals surface area contributed by atoms with Gasteiger partial charge in [0.15, 0.2) is 11.5 Å². The van der Waals surface area contributed by atoms with Crippen LogP contribution in [0.2, 0.25) is 5.02 Å². The molecule has 1 aliphatic carbocycles. The van der Waals surface area contributed by atoms with Crippen LogP contribution in [0.4, 0.5) is 0 Å². The SMILES string of the molecule is CC(C1CC1)N(C)C(CN)c1cc(Cl)c2c(c1)OCO2. The highest BCUT2D eigenvalue weighted by atomic mass is 35.5. The standard InChI is InChI=1S/C15H21ClN2O2/c1-9(10-3-4-10)18(2)13(7-17)11-5-12(16)15-14(6-11)19-8-20-15/h5-6,9-10,13H,3-4,7-8,17H2,1-2H3. The number of halogens is 1. The normalized spacial score (nSPS) is 20.2. The van der Waals surface area contributed by atoms with Crippen molar-refractivity contribution in [3.05, 3.63) is 22.7 Å². The van der Waals surface area contributed by atoms with Crippen LogP contribution >= 0.6 is 11.6 Å². The molecule has 2 aliphatic rings. The smallest absolute Gasteiger partial charge is 0.231 e. The van der Waals surface area contributed by atoms with Gasteiger partial charge >= 0.3 is 0 Å². The van der Waals surface area contributed by atoms with Crippen LogP contribution < -0.4 is 15.2 Å². The van der Waals surface area contributed by atoms with E-state index in [1.807, 2.05) is 12.1 Å². The average Bonchev–Trinajstić information content (AvgIpc) is 3.17. The summed E-state index contributed by atoms with van der Waals surface area (Å²) in [4.78, 5) is 2.35. The molecule has 2 unspecified atom stereocenters. The molecule has 0 radical (unpaired) electrons. The van der Waals surface area contributed by atoms with Gasteiger partial charge in [0.25, 0.3) is 0 Å². The molecule has 1 heterocycles. The second-order valence-electron chi connectivity index (χ2n) is 5.73. The Labute approximate surface area is 124 Å². The molecule has 0 saturated heterocycles. The largest absolute Gasteiger partial charge is 0.454 e. The molecule has 2 atom stereocenters. The maximum Gasteiger partial charge on any atom is 0.231 e. The van der Waals surface area contributed by atoms with E-state index in [1.165, 1.54) is 12.8 Å². The van der Waals surface area contributed by atoms with Gasteiger partial charge in [-0.05, 0) is 50.4 Å². The van der Waals surface area contributed by atoms with Gasteiger partial charge in [0.2, 0.25) is 6.79 Å². The second kappa shape index (κ2) is 5.43. The van der Waals surface area contributed by atoms with E-state index in [0.29, 0.717) is 23.4 Å². The molecule has 0 amide bonds. The van der Waals surface area contributed by atoms with Gasteiger partial charge in [-0.3, -0.25) is 4.90 Å². The lowest BCUT2D eigenvalue weighted by atomic mass is 10.0. The molecule has 110 valence electrons. The highest BCUT2D eigenvalue weighted by Gasteiger charge is 2.34. The van der Waals surface area contributed by atoms with Crippen LogP contribution in [0.3, 0.4) is 0 Å². The summed E-state index contributed by atoms with van der Waals surface area (Å²) in [6, 6.07) is 4.63. The van der Waals surface area contributed by atoms with Crippen molar-refractivity contribution in [1.82, 2.24) is 4.90 Å². The van der Waals surface area contributed by atoms with E-state index in [2.05, 4.69) is 18.9 Å². The van der Waals surface area contributed by atoms with E-state index in [9.17, 15) is 0 Å². The van der Waals surface area contributed by atoms with Crippen molar-refractivity contribution in [2.75, 3.05) is 20.4 Å². The Morgan fingerprint density at radius 2 is 2.15 bits per heavy atom. The van der Waals surface area contributed by atoms with Gasteiger partial charge in [0, 0.05) is 18.6 Å². The topological polar surface area (TPSA) is 47.7 Å². The highest BCUT2D eigenvalue weighted by molar-refractivity contribution is 6.32. The lowest BCUT2D eigenvalue weighted by Crippen LogP contribution is -2.38. The van der Waals surface area contributed by atoms with Crippen molar-refractivity contribution in [1.29, 1.82) is 0 Å². The first-order valence-electron chi connectivity index (χ1n) is 7.13. The zero-order valence-corrected chi connectivity index (χ0v) is 12.7. The van der Waals surface area contributed by atoms with Crippen LogP contribution in [0.1, 0.15) is 31.4 Å². The molecule has 2 N–H and O–H groups in total. The Morgan fingerprint density at radius 3 is 2.80 bits per heavy atom. The first kappa shape index (κ1) is 14.0. The molecule has 1 aromatic carbocycles. The number of fused-ring (bicyclic) bond motifs is 1. The molecule has 5 heteroatoms. The Balaban J connectivity index is 1.87. The predicted octanol–water partition coefficient (Wildman–Crippen LogP) is 2.80. The summed E-state index contributed by atoms with van der Waals surface area (Å²) in [7, 11) is 2.14. The number of likely N-dealkylation sites (N-methyl/N-ethyl adjacent to an activating group) is 1. The molecule has 0 aromatic heterocycles. The van der Waals surface area contributed by atoms with E-state index in [0.717, 1.165) is 17.2 Å². The number of rotatable bonds is 5. The molecule has 1 aromatic rings. The molecule has 4 nitrogen and oxygen atoms in total. The Kier molecular flexibility index (Phi) is 3.80. The highest BCUT2D eigenvalue weighted by Crippen LogP contribution is 2.43. The lowest BCUT2D eigenvalue weighted by Gasteiger charge is -2.33. The second-order valence-corrected chi connectivity index (χ2v) is 6.14. The minimum Gasteiger partial charge on any atom is -0.454 e. The number of hydrogen-bond acceptors (Lipinski definition) is 4. The first-order chi connectivity index (χ1) is 9.61. The summed E-state index contributed by atoms with van der Waals surface area (Å²) in [6.07, 6.45) is 2.65. The van der Waals surface area contributed by atoms with Crippen LogP contribution in [0.5, 0.6) is 11.5 Å². The Hall–Kier alpha value is -0.970. The molecule has 1 aliphatic heterocycles. The van der Waals surface area contributed by atoms with Crippen molar-refractivity contribution in [2.24, 2.45) is 11.7 Å². The third kappa shape index (κ3) is 2.48. The minimum absolute atomic E-state index is 0.151. The quantitative estimate of drug-likeness (QED) is 0.908. The third-order valence-electron chi connectivity index (χ3n) is 4.50. The van der Waals surface area contributed by atoms with Gasteiger partial charge in [0.05, 0.1) is 5.02 Å². The number of benzene rings is 1. The van der Waals surface area contributed by atoms with Crippen molar-refractivity contribution in [3.8, 4) is 11.5 Å². The van der Waals surface area contributed by atoms with Crippen LogP contribution in [0.25, 0.3) is 0 Å². The van der Waals surface area contributed by atoms with E-state index < -0.39 is 0 Å². The van der Waals surface area contributed by atoms with Crippen LogP contribution in [-0.4, -0.2) is 31.3 Å². The van der Waals surface area contributed by atoms with Gasteiger partial charge in [-0.25, -0.2) is 0 Å². The fourth-order valence-electron chi connectivity index (χ4n) is 2.91. The van der Waals surface area contributed by atoms with E-state index >= 15 is 0 Å². The fourth-order valence-corrected chi connectivity index (χ4v) is 3.19.